The molecule has 0 bridgehead atoms. The Morgan fingerprint density at radius 1 is 1.44 bits per heavy atom. The number of amides is 1. The summed E-state index contributed by atoms with van der Waals surface area (Å²) in [5.41, 5.74) is 0.508. The number of anilines is 1. The topological polar surface area (TPSA) is 51.2 Å². The van der Waals surface area contributed by atoms with Gasteiger partial charge < -0.3 is 4.74 Å². The van der Waals surface area contributed by atoms with E-state index < -0.39 is 0 Å². The van der Waals surface area contributed by atoms with Crippen molar-refractivity contribution in [2.24, 2.45) is 0 Å². The zero-order chi connectivity index (χ0) is 12.8. The molecule has 94 valence electrons. The Morgan fingerprint density at radius 2 is 2.28 bits per heavy atom. The molecular weight excluding hydrogens is 316 g/mol. The van der Waals surface area contributed by atoms with E-state index in [2.05, 4.69) is 26.2 Å². The van der Waals surface area contributed by atoms with Crippen molar-refractivity contribution in [3.05, 3.63) is 41.4 Å². The van der Waals surface area contributed by atoms with Crippen molar-refractivity contribution in [2.45, 2.75) is 0 Å². The number of hydrogen-bond donors (Lipinski definition) is 1. The van der Waals surface area contributed by atoms with Crippen LogP contribution in [-0.2, 0) is 0 Å². The van der Waals surface area contributed by atoms with Crippen LogP contribution in [0.15, 0.2) is 35.8 Å². The molecule has 0 atom stereocenters. The fourth-order valence-electron chi connectivity index (χ4n) is 1.38. The maximum absolute atomic E-state index is 12.1. The summed E-state index contributed by atoms with van der Waals surface area (Å²) in [6, 6.07) is 7.15. The van der Waals surface area contributed by atoms with Crippen LogP contribution in [0.2, 0.25) is 0 Å². The summed E-state index contributed by atoms with van der Waals surface area (Å²) in [6.07, 6.45) is 1.65. The molecule has 0 radical (unpaired) electrons. The molecular formula is C12H11BrN2O2S. The molecule has 0 unspecified atom stereocenters. The number of aromatic nitrogens is 1. The fraction of sp³-hybridized carbons (Fsp3) is 0.167. The molecule has 0 aliphatic heterocycles. The van der Waals surface area contributed by atoms with Gasteiger partial charge in [-0.1, -0.05) is 28.1 Å². The molecule has 0 fully saturated rings. The van der Waals surface area contributed by atoms with Gasteiger partial charge >= 0.3 is 0 Å². The predicted octanol–water partition coefficient (Wildman–Crippen LogP) is 3.17. The maximum Gasteiger partial charge on any atom is 0.261 e. The lowest BCUT2D eigenvalue weighted by molar-refractivity contribution is 0.102. The highest BCUT2D eigenvalue weighted by atomic mass is 79.9. The zero-order valence-electron chi connectivity index (χ0n) is 9.43. The summed E-state index contributed by atoms with van der Waals surface area (Å²) in [6.45, 7) is 0.515. The van der Waals surface area contributed by atoms with Gasteiger partial charge in [0, 0.05) is 16.9 Å². The third-order valence-electron chi connectivity index (χ3n) is 2.12. The fourth-order valence-corrected chi connectivity index (χ4v) is 2.06. The van der Waals surface area contributed by atoms with Crippen molar-refractivity contribution < 1.29 is 9.53 Å². The van der Waals surface area contributed by atoms with Gasteiger partial charge in [0.05, 0.1) is 12.2 Å². The van der Waals surface area contributed by atoms with Gasteiger partial charge in [-0.3, -0.25) is 10.1 Å². The van der Waals surface area contributed by atoms with Crippen LogP contribution in [0.25, 0.3) is 0 Å². The van der Waals surface area contributed by atoms with Crippen molar-refractivity contribution in [2.75, 3.05) is 17.3 Å². The van der Waals surface area contributed by atoms with Crippen LogP contribution in [-0.4, -0.2) is 22.8 Å². The summed E-state index contributed by atoms with van der Waals surface area (Å²) in [4.78, 5) is 16.1. The number of ether oxygens (including phenoxy) is 1. The van der Waals surface area contributed by atoms with Crippen molar-refractivity contribution in [3.63, 3.8) is 0 Å². The SMILES string of the molecule is O=C(Nc1nccs1)c1ccccc1OCCBr. The Hall–Kier alpha value is -1.40. The molecule has 1 aromatic heterocycles. The minimum absolute atomic E-state index is 0.213. The second-order valence-electron chi connectivity index (χ2n) is 3.32. The smallest absolute Gasteiger partial charge is 0.261 e. The van der Waals surface area contributed by atoms with Crippen LogP contribution >= 0.6 is 27.3 Å². The Balaban J connectivity index is 2.13. The number of thiazole rings is 1. The molecule has 1 N–H and O–H groups in total. The number of para-hydroxylation sites is 1. The summed E-state index contributed by atoms with van der Waals surface area (Å²) in [7, 11) is 0. The summed E-state index contributed by atoms with van der Waals surface area (Å²) in [5.74, 6) is 0.362. The van der Waals surface area contributed by atoms with Crippen LogP contribution in [0.1, 0.15) is 10.4 Å². The van der Waals surface area contributed by atoms with Gasteiger partial charge in [0.15, 0.2) is 5.13 Å². The molecule has 0 saturated carbocycles. The number of halogens is 1. The predicted molar refractivity (Wildman–Crippen MR) is 75.8 cm³/mol. The van der Waals surface area contributed by atoms with Gasteiger partial charge in [0.1, 0.15) is 5.75 Å². The van der Waals surface area contributed by atoms with Gasteiger partial charge in [0.25, 0.3) is 5.91 Å². The molecule has 6 heteroatoms. The van der Waals surface area contributed by atoms with E-state index in [1.165, 1.54) is 11.3 Å². The lowest BCUT2D eigenvalue weighted by Gasteiger charge is -2.09. The maximum atomic E-state index is 12.1. The Labute approximate surface area is 117 Å². The monoisotopic (exact) mass is 326 g/mol. The summed E-state index contributed by atoms with van der Waals surface area (Å²) in [5, 5.41) is 5.84. The van der Waals surface area contributed by atoms with Crippen molar-refractivity contribution in [3.8, 4) is 5.75 Å². The van der Waals surface area contributed by atoms with E-state index >= 15 is 0 Å². The van der Waals surface area contributed by atoms with Gasteiger partial charge in [-0.05, 0) is 12.1 Å². The number of alkyl halides is 1. The largest absolute Gasteiger partial charge is 0.492 e. The number of nitrogens with zero attached hydrogens (tertiary/aromatic N) is 1. The number of hydrogen-bond acceptors (Lipinski definition) is 4. The molecule has 0 saturated heterocycles. The Kier molecular flexibility index (Phi) is 4.72. The molecule has 2 aromatic rings. The average molecular weight is 327 g/mol. The summed E-state index contributed by atoms with van der Waals surface area (Å²) >= 11 is 4.66. The Morgan fingerprint density at radius 3 is 3.00 bits per heavy atom. The molecule has 0 aliphatic carbocycles. The summed E-state index contributed by atoms with van der Waals surface area (Å²) < 4.78 is 5.50. The van der Waals surface area contributed by atoms with Gasteiger partial charge in [-0.2, -0.15) is 0 Å². The van der Waals surface area contributed by atoms with E-state index in [9.17, 15) is 4.79 Å². The van der Waals surface area contributed by atoms with Crippen LogP contribution < -0.4 is 10.1 Å². The normalized spacial score (nSPS) is 10.1. The second-order valence-corrected chi connectivity index (χ2v) is 5.01. The number of carbonyl (C=O) groups is 1. The van der Waals surface area contributed by atoms with Gasteiger partial charge in [0.2, 0.25) is 0 Å². The van der Waals surface area contributed by atoms with Gasteiger partial charge in [-0.25, -0.2) is 4.98 Å². The minimum atomic E-state index is -0.213. The standard InChI is InChI=1S/C12H11BrN2O2S/c13-5-7-17-10-4-2-1-3-9(10)11(16)15-12-14-6-8-18-12/h1-4,6,8H,5,7H2,(H,14,15,16). The van der Waals surface area contributed by atoms with E-state index in [4.69, 9.17) is 4.74 Å². The molecule has 2 rings (SSSR count). The van der Waals surface area contributed by atoms with E-state index in [1.807, 2.05) is 11.4 Å². The molecule has 1 aromatic carbocycles. The zero-order valence-corrected chi connectivity index (χ0v) is 11.8. The third-order valence-corrected chi connectivity index (χ3v) is 3.13. The highest BCUT2D eigenvalue weighted by Crippen LogP contribution is 2.20. The van der Waals surface area contributed by atoms with Crippen molar-refractivity contribution in [1.82, 2.24) is 4.98 Å². The van der Waals surface area contributed by atoms with Crippen molar-refractivity contribution >= 4 is 38.3 Å². The molecule has 4 nitrogen and oxygen atoms in total. The number of benzene rings is 1. The highest BCUT2D eigenvalue weighted by Gasteiger charge is 2.12. The van der Waals surface area contributed by atoms with E-state index in [0.717, 1.165) is 5.33 Å². The number of rotatable bonds is 5. The molecule has 18 heavy (non-hydrogen) atoms. The first kappa shape index (κ1) is 13.0. The first-order chi connectivity index (χ1) is 8.81. The first-order valence-electron chi connectivity index (χ1n) is 5.30. The van der Waals surface area contributed by atoms with Crippen LogP contribution in [0.3, 0.4) is 0 Å². The quantitative estimate of drug-likeness (QED) is 0.858. The highest BCUT2D eigenvalue weighted by molar-refractivity contribution is 9.09. The minimum Gasteiger partial charge on any atom is -0.492 e. The third kappa shape index (κ3) is 3.30. The lowest BCUT2D eigenvalue weighted by Crippen LogP contribution is -2.13. The van der Waals surface area contributed by atoms with E-state index in [1.54, 1.807) is 24.4 Å². The first-order valence-corrected chi connectivity index (χ1v) is 7.30. The van der Waals surface area contributed by atoms with Crippen LogP contribution in [0.5, 0.6) is 5.75 Å². The Bertz CT molecular complexity index is 517. The molecule has 1 amide bonds. The lowest BCUT2D eigenvalue weighted by atomic mass is 10.2. The molecule has 0 aliphatic rings. The van der Waals surface area contributed by atoms with E-state index in [-0.39, 0.29) is 5.91 Å². The molecule has 0 spiro atoms. The van der Waals surface area contributed by atoms with E-state index in [0.29, 0.717) is 23.1 Å². The van der Waals surface area contributed by atoms with Crippen molar-refractivity contribution in [1.29, 1.82) is 0 Å². The molecule has 1 heterocycles. The number of carbonyl (C=O) groups excluding carboxylic acids is 1. The second kappa shape index (κ2) is 6.51. The van der Waals surface area contributed by atoms with Gasteiger partial charge in [-0.15, -0.1) is 11.3 Å². The average Bonchev–Trinajstić information content (AvgIpc) is 2.89. The van der Waals surface area contributed by atoms with Crippen LogP contribution in [0, 0.1) is 0 Å². The number of nitrogens with one attached hydrogen (secondary N) is 1. The van der Waals surface area contributed by atoms with Crippen LogP contribution in [0.4, 0.5) is 5.13 Å².